The van der Waals surface area contributed by atoms with Crippen molar-refractivity contribution in [2.45, 2.75) is 24.0 Å². The maximum Gasteiger partial charge on any atom is 0.270 e. The number of sulfonamides is 1. The van der Waals surface area contributed by atoms with Gasteiger partial charge in [-0.15, -0.1) is 0 Å². The summed E-state index contributed by atoms with van der Waals surface area (Å²) in [5.74, 6) is -0.485. The van der Waals surface area contributed by atoms with Crippen LogP contribution in [0.2, 0.25) is 0 Å². The SMILES string of the molecule is COc1ccc(CN(c2ncccn2)S(=O)(=O)c2cc3c(cc2F)[C@H](OS(C)(=O)=O)CCO3)c(OC)c1. The number of methoxy groups -OCH3 is 2. The molecule has 14 heteroatoms. The largest absolute Gasteiger partial charge is 0.497 e. The highest BCUT2D eigenvalue weighted by Crippen LogP contribution is 2.39. The predicted molar refractivity (Wildman–Crippen MR) is 130 cm³/mol. The number of anilines is 1. The molecule has 0 radical (unpaired) electrons. The number of aromatic nitrogens is 2. The molecule has 0 unspecified atom stereocenters. The maximum atomic E-state index is 15.4. The van der Waals surface area contributed by atoms with Gasteiger partial charge in [-0.2, -0.15) is 8.42 Å². The average Bonchev–Trinajstić information content (AvgIpc) is 2.86. The molecule has 0 amide bonds. The topological polar surface area (TPSA) is 134 Å². The second-order valence-corrected chi connectivity index (χ2v) is 11.4. The normalized spacial score (nSPS) is 15.4. The first-order chi connectivity index (χ1) is 17.5. The third-order valence-electron chi connectivity index (χ3n) is 5.49. The third kappa shape index (κ3) is 5.76. The summed E-state index contributed by atoms with van der Waals surface area (Å²) in [6, 6.07) is 8.26. The number of halogens is 1. The lowest BCUT2D eigenvalue weighted by atomic mass is 10.0. The number of benzene rings is 2. The summed E-state index contributed by atoms with van der Waals surface area (Å²) in [5.41, 5.74) is 0.531. The first kappa shape index (κ1) is 26.6. The molecule has 0 bridgehead atoms. The molecule has 0 saturated carbocycles. The zero-order valence-corrected chi connectivity index (χ0v) is 21.8. The van der Waals surface area contributed by atoms with Gasteiger partial charge in [0.1, 0.15) is 34.1 Å². The highest BCUT2D eigenvalue weighted by atomic mass is 32.2. The van der Waals surface area contributed by atoms with Crippen LogP contribution in [-0.4, -0.2) is 53.9 Å². The first-order valence-electron chi connectivity index (χ1n) is 10.9. The Kier molecular flexibility index (Phi) is 7.52. The van der Waals surface area contributed by atoms with Gasteiger partial charge in [-0.3, -0.25) is 4.18 Å². The molecule has 1 aliphatic rings. The summed E-state index contributed by atoms with van der Waals surface area (Å²) in [5, 5.41) is 0. The van der Waals surface area contributed by atoms with E-state index < -0.39 is 37.0 Å². The number of rotatable bonds is 9. The Morgan fingerprint density at radius 3 is 2.46 bits per heavy atom. The molecule has 2 heterocycles. The molecule has 0 spiro atoms. The zero-order valence-electron chi connectivity index (χ0n) is 20.1. The summed E-state index contributed by atoms with van der Waals surface area (Å²) in [4.78, 5) is 7.41. The smallest absolute Gasteiger partial charge is 0.270 e. The van der Waals surface area contributed by atoms with Crippen molar-refractivity contribution >= 4 is 26.1 Å². The Hall–Kier alpha value is -3.49. The molecule has 1 aliphatic heterocycles. The fourth-order valence-electron chi connectivity index (χ4n) is 3.81. The lowest BCUT2D eigenvalue weighted by Gasteiger charge is -2.27. The van der Waals surface area contributed by atoms with Crippen LogP contribution in [0.5, 0.6) is 17.2 Å². The molecular weight excluding hydrogens is 529 g/mol. The van der Waals surface area contributed by atoms with Crippen molar-refractivity contribution in [3.05, 3.63) is 65.7 Å². The van der Waals surface area contributed by atoms with Crippen molar-refractivity contribution in [3.8, 4) is 17.2 Å². The van der Waals surface area contributed by atoms with Crippen molar-refractivity contribution in [2.24, 2.45) is 0 Å². The number of nitrogens with zero attached hydrogens (tertiary/aromatic N) is 3. The predicted octanol–water partition coefficient (Wildman–Crippen LogP) is 2.83. The lowest BCUT2D eigenvalue weighted by Crippen LogP contribution is -2.33. The summed E-state index contributed by atoms with van der Waals surface area (Å²) in [6.07, 6.45) is 2.72. The standard InChI is InChI=1S/C23H24FN3O8S2/c1-32-16-6-5-15(20(11-16)33-2)14-27(23-25-8-4-9-26-23)37(30,31)22-13-21-17(12-18(22)24)19(7-10-34-21)35-36(3,28)29/h4-6,8-9,11-13,19H,7,10,14H2,1-3H3/t19-/m1/s1. The van der Waals surface area contributed by atoms with Crippen LogP contribution in [0.4, 0.5) is 10.3 Å². The van der Waals surface area contributed by atoms with Crippen LogP contribution >= 0.6 is 0 Å². The van der Waals surface area contributed by atoms with E-state index >= 15 is 4.39 Å². The zero-order chi connectivity index (χ0) is 26.8. The van der Waals surface area contributed by atoms with Gasteiger partial charge in [0.2, 0.25) is 5.95 Å². The van der Waals surface area contributed by atoms with Gasteiger partial charge >= 0.3 is 0 Å². The van der Waals surface area contributed by atoms with Gasteiger partial charge in [0.15, 0.2) is 0 Å². The monoisotopic (exact) mass is 553 g/mol. The Bertz CT molecular complexity index is 1500. The van der Waals surface area contributed by atoms with E-state index in [0.29, 0.717) is 17.1 Å². The van der Waals surface area contributed by atoms with E-state index in [1.807, 2.05) is 0 Å². The van der Waals surface area contributed by atoms with Crippen LogP contribution in [0.3, 0.4) is 0 Å². The molecule has 0 aliphatic carbocycles. The third-order valence-corrected chi connectivity index (χ3v) is 7.81. The number of fused-ring (bicyclic) bond motifs is 1. The van der Waals surface area contributed by atoms with Gasteiger partial charge in [0, 0.05) is 42.1 Å². The highest BCUT2D eigenvalue weighted by Gasteiger charge is 2.34. The molecule has 1 atom stereocenters. The van der Waals surface area contributed by atoms with E-state index in [9.17, 15) is 16.8 Å². The minimum absolute atomic E-state index is 0.00386. The van der Waals surface area contributed by atoms with Gasteiger partial charge in [0.05, 0.1) is 33.6 Å². The molecule has 3 aromatic rings. The van der Waals surface area contributed by atoms with E-state index in [-0.39, 0.29) is 36.8 Å². The molecule has 4 rings (SSSR count). The number of hydrogen-bond donors (Lipinski definition) is 0. The van der Waals surface area contributed by atoms with E-state index in [0.717, 1.165) is 22.7 Å². The van der Waals surface area contributed by atoms with E-state index in [1.54, 1.807) is 18.2 Å². The van der Waals surface area contributed by atoms with Gasteiger partial charge in [-0.05, 0) is 24.3 Å². The molecule has 0 N–H and O–H groups in total. The molecule has 0 fully saturated rings. The Labute approximate surface area is 214 Å². The summed E-state index contributed by atoms with van der Waals surface area (Å²) >= 11 is 0. The van der Waals surface area contributed by atoms with Crippen LogP contribution in [0.1, 0.15) is 23.7 Å². The molecule has 1 aromatic heterocycles. The molecular formula is C23H24FN3O8S2. The van der Waals surface area contributed by atoms with Crippen LogP contribution in [0.15, 0.2) is 53.7 Å². The van der Waals surface area contributed by atoms with Crippen molar-refractivity contribution in [1.29, 1.82) is 0 Å². The van der Waals surface area contributed by atoms with Crippen LogP contribution in [-0.2, 0) is 30.9 Å². The molecule has 198 valence electrons. The second kappa shape index (κ2) is 10.5. The van der Waals surface area contributed by atoms with Crippen molar-refractivity contribution in [3.63, 3.8) is 0 Å². The quantitative estimate of drug-likeness (QED) is 0.364. The fourth-order valence-corrected chi connectivity index (χ4v) is 5.84. The summed E-state index contributed by atoms with van der Waals surface area (Å²) in [6.45, 7) is -0.246. The van der Waals surface area contributed by atoms with Crippen molar-refractivity contribution in [1.82, 2.24) is 9.97 Å². The fraction of sp³-hybridized carbons (Fsp3) is 0.304. The summed E-state index contributed by atoms with van der Waals surface area (Å²) in [7, 11) is -5.55. The van der Waals surface area contributed by atoms with Crippen molar-refractivity contribution < 1.29 is 39.6 Å². The minimum Gasteiger partial charge on any atom is -0.497 e. The number of hydrogen-bond acceptors (Lipinski definition) is 10. The van der Waals surface area contributed by atoms with E-state index in [1.165, 1.54) is 32.7 Å². The lowest BCUT2D eigenvalue weighted by molar-refractivity contribution is 0.142. The van der Waals surface area contributed by atoms with E-state index in [4.69, 9.17) is 18.4 Å². The average molecular weight is 554 g/mol. The second-order valence-electron chi connectivity index (χ2n) is 7.98. The van der Waals surface area contributed by atoms with Gasteiger partial charge < -0.3 is 14.2 Å². The van der Waals surface area contributed by atoms with E-state index in [2.05, 4.69) is 9.97 Å². The Morgan fingerprint density at radius 2 is 1.81 bits per heavy atom. The molecule has 37 heavy (non-hydrogen) atoms. The van der Waals surface area contributed by atoms with Gasteiger partial charge in [0.25, 0.3) is 20.1 Å². The van der Waals surface area contributed by atoms with Crippen LogP contribution in [0.25, 0.3) is 0 Å². The molecule has 11 nitrogen and oxygen atoms in total. The van der Waals surface area contributed by atoms with Crippen LogP contribution < -0.4 is 18.5 Å². The van der Waals surface area contributed by atoms with Gasteiger partial charge in [-0.25, -0.2) is 27.1 Å². The highest BCUT2D eigenvalue weighted by molar-refractivity contribution is 7.92. The molecule has 2 aromatic carbocycles. The minimum atomic E-state index is -4.60. The Balaban J connectivity index is 1.80. The van der Waals surface area contributed by atoms with Crippen LogP contribution in [0, 0.1) is 5.82 Å². The Morgan fingerprint density at radius 1 is 1.08 bits per heavy atom. The maximum absolute atomic E-state index is 15.4. The number of ether oxygens (including phenoxy) is 3. The van der Waals surface area contributed by atoms with Gasteiger partial charge in [-0.1, -0.05) is 0 Å². The first-order valence-corrected chi connectivity index (χ1v) is 14.1. The molecule has 0 saturated heterocycles. The summed E-state index contributed by atoms with van der Waals surface area (Å²) < 4.78 is 88.4. The van der Waals surface area contributed by atoms with Crippen molar-refractivity contribution in [2.75, 3.05) is 31.4 Å².